The number of aliphatic hydroxyl groups is 4. The molecule has 0 aromatic rings. The number of aliphatic hydroxyl groups excluding tert-OH is 2. The molecule has 0 aliphatic carbocycles. The molecule has 14 heavy (non-hydrogen) atoms. The van der Waals surface area contributed by atoms with Gasteiger partial charge in [-0.1, -0.05) is 0 Å². The summed E-state index contributed by atoms with van der Waals surface area (Å²) in [5, 5.41) is 42.9. The molecule has 7 nitrogen and oxygen atoms in total. The number of Topliss-reactive ketones (excluding diaryl/α,β-unsaturated/α-hetero) is 1. The molecule has 2 atom stereocenters. The zero-order valence-corrected chi connectivity index (χ0v) is 8.77. The summed E-state index contributed by atoms with van der Waals surface area (Å²) in [4.78, 5) is 21.2. The van der Waals surface area contributed by atoms with Crippen molar-refractivity contribution in [2.45, 2.75) is 24.9 Å². The second-order valence-corrected chi connectivity index (χ2v) is 2.49. The van der Waals surface area contributed by atoms with Gasteiger partial charge in [0.25, 0.3) is 5.60 Å². The summed E-state index contributed by atoms with van der Waals surface area (Å²) in [5.74, 6) is -3.72. The third kappa shape index (κ3) is 2.84. The van der Waals surface area contributed by atoms with Gasteiger partial charge in [0.2, 0.25) is 5.78 Å². The summed E-state index contributed by atoms with van der Waals surface area (Å²) in [6.45, 7) is 0.901. The van der Waals surface area contributed by atoms with E-state index in [2.05, 4.69) is 0 Å². The van der Waals surface area contributed by atoms with Gasteiger partial charge in [-0.3, -0.25) is 4.79 Å². The van der Waals surface area contributed by atoms with Crippen molar-refractivity contribution in [3.63, 3.8) is 0 Å². The maximum Gasteiger partial charge on any atom is 0.349 e. The van der Waals surface area contributed by atoms with Crippen LogP contribution in [-0.4, -0.2) is 55.3 Å². The van der Waals surface area contributed by atoms with Gasteiger partial charge in [0.1, 0.15) is 6.10 Å². The molecule has 0 heterocycles. The van der Waals surface area contributed by atoms with Crippen LogP contribution in [0.2, 0.25) is 0 Å². The zero-order valence-electron chi connectivity index (χ0n) is 7.21. The molecule has 80 valence electrons. The van der Waals surface area contributed by atoms with Gasteiger partial charge < -0.3 is 25.5 Å². The Balaban J connectivity index is 0. The molecule has 0 rings (SSSR count). The molecule has 0 aliphatic heterocycles. The third-order valence-corrected chi connectivity index (χ3v) is 1.45. The Morgan fingerprint density at radius 1 is 1.21 bits per heavy atom. The van der Waals surface area contributed by atoms with Gasteiger partial charge in [0.05, 0.1) is 0 Å². The van der Waals surface area contributed by atoms with Crippen LogP contribution in [0.4, 0.5) is 0 Å². The molecule has 0 spiro atoms. The summed E-state index contributed by atoms with van der Waals surface area (Å²) < 4.78 is 0. The van der Waals surface area contributed by atoms with Crippen LogP contribution in [0.1, 0.15) is 6.92 Å². The van der Waals surface area contributed by atoms with Crippen molar-refractivity contribution >= 4 is 11.8 Å². The molecule has 2 unspecified atom stereocenters. The van der Waals surface area contributed by atoms with E-state index in [1.165, 1.54) is 0 Å². The van der Waals surface area contributed by atoms with Crippen LogP contribution < -0.4 is 0 Å². The summed E-state index contributed by atoms with van der Waals surface area (Å²) in [6.07, 6.45) is -4.59. The molecular weight excluding hydrogens is 232 g/mol. The second-order valence-electron chi connectivity index (χ2n) is 2.49. The number of hydrogen-bond acceptors (Lipinski definition) is 6. The van der Waals surface area contributed by atoms with E-state index in [4.69, 9.17) is 25.5 Å². The van der Waals surface area contributed by atoms with Crippen molar-refractivity contribution in [2.75, 3.05) is 0 Å². The molecule has 0 aromatic heterocycles. The minimum absolute atomic E-state index is 0. The number of carbonyl (C=O) groups excluding carboxylic acids is 1. The molecular formula is C6H10O7Ti. The van der Waals surface area contributed by atoms with Gasteiger partial charge >= 0.3 is 5.97 Å². The average Bonchev–Trinajstić information content (AvgIpc) is 2.00. The predicted octanol–water partition coefficient (Wildman–Crippen LogP) is -2.94. The van der Waals surface area contributed by atoms with Crippen LogP contribution in [-0.2, 0) is 31.3 Å². The molecule has 0 saturated heterocycles. The minimum Gasteiger partial charge on any atom is -0.479 e. The van der Waals surface area contributed by atoms with Gasteiger partial charge in [-0.2, -0.15) is 0 Å². The van der Waals surface area contributed by atoms with E-state index in [-0.39, 0.29) is 21.7 Å². The van der Waals surface area contributed by atoms with Gasteiger partial charge in [-0.05, 0) is 6.92 Å². The number of hydrogen-bond donors (Lipinski definition) is 5. The fourth-order valence-corrected chi connectivity index (χ4v) is 0.662. The Morgan fingerprint density at radius 3 is 1.64 bits per heavy atom. The van der Waals surface area contributed by atoms with E-state index < -0.39 is 29.7 Å². The molecule has 0 amide bonds. The van der Waals surface area contributed by atoms with Gasteiger partial charge in [0, 0.05) is 21.7 Å². The molecule has 0 bridgehead atoms. The number of rotatable bonds is 4. The van der Waals surface area contributed by atoms with Crippen LogP contribution in [0, 0.1) is 0 Å². The number of ketones is 1. The Labute approximate surface area is 93.9 Å². The third-order valence-electron chi connectivity index (χ3n) is 1.45. The van der Waals surface area contributed by atoms with Gasteiger partial charge in [-0.25, -0.2) is 4.79 Å². The SMILES string of the molecule is CC(O)C(=O)C(O)(C(=O)O)C(O)O.[Ti]. The van der Waals surface area contributed by atoms with Crippen LogP contribution in [0.5, 0.6) is 0 Å². The van der Waals surface area contributed by atoms with Crippen molar-refractivity contribution in [2.24, 2.45) is 0 Å². The number of carbonyl (C=O) groups is 2. The Kier molecular flexibility index (Phi) is 6.39. The second kappa shape index (κ2) is 5.54. The van der Waals surface area contributed by atoms with E-state index in [9.17, 15) is 9.59 Å². The molecule has 0 radical (unpaired) electrons. The molecule has 0 aromatic carbocycles. The maximum atomic E-state index is 10.8. The largest absolute Gasteiger partial charge is 0.479 e. The van der Waals surface area contributed by atoms with E-state index in [1.807, 2.05) is 0 Å². The summed E-state index contributed by atoms with van der Waals surface area (Å²) in [6, 6.07) is 0. The first kappa shape index (κ1) is 16.1. The van der Waals surface area contributed by atoms with Crippen molar-refractivity contribution < 1.29 is 56.8 Å². The molecule has 8 heteroatoms. The Hall–Kier alpha value is -0.306. The van der Waals surface area contributed by atoms with Crippen molar-refractivity contribution in [1.29, 1.82) is 0 Å². The van der Waals surface area contributed by atoms with Crippen molar-refractivity contribution in [1.82, 2.24) is 0 Å². The van der Waals surface area contributed by atoms with Gasteiger partial charge in [0.15, 0.2) is 6.29 Å². The quantitative estimate of drug-likeness (QED) is 0.202. The number of aliphatic carboxylic acids is 1. The van der Waals surface area contributed by atoms with Crippen LogP contribution in [0.15, 0.2) is 0 Å². The van der Waals surface area contributed by atoms with Crippen LogP contribution in [0.25, 0.3) is 0 Å². The smallest absolute Gasteiger partial charge is 0.349 e. The normalized spacial score (nSPS) is 16.7. The van der Waals surface area contributed by atoms with E-state index in [0.29, 0.717) is 0 Å². The number of carboxylic acids is 1. The van der Waals surface area contributed by atoms with Crippen LogP contribution in [0.3, 0.4) is 0 Å². The fraction of sp³-hybridized carbons (Fsp3) is 0.667. The zero-order chi connectivity index (χ0) is 10.8. The predicted molar refractivity (Wildman–Crippen MR) is 37.5 cm³/mol. The fourth-order valence-electron chi connectivity index (χ4n) is 0.662. The maximum absolute atomic E-state index is 10.8. The van der Waals surface area contributed by atoms with Crippen molar-refractivity contribution in [3.05, 3.63) is 0 Å². The van der Waals surface area contributed by atoms with Crippen LogP contribution >= 0.6 is 0 Å². The van der Waals surface area contributed by atoms with Crippen molar-refractivity contribution in [3.8, 4) is 0 Å². The van der Waals surface area contributed by atoms with E-state index >= 15 is 0 Å². The molecule has 5 N–H and O–H groups in total. The Bertz CT molecular complexity index is 226. The number of carboxylic acid groups (broad SMARTS) is 1. The first-order valence-electron chi connectivity index (χ1n) is 3.28. The monoisotopic (exact) mass is 242 g/mol. The molecule has 0 fully saturated rings. The first-order valence-corrected chi connectivity index (χ1v) is 3.28. The van der Waals surface area contributed by atoms with Gasteiger partial charge in [-0.15, -0.1) is 0 Å². The Morgan fingerprint density at radius 2 is 1.57 bits per heavy atom. The summed E-state index contributed by atoms with van der Waals surface area (Å²) >= 11 is 0. The molecule has 0 saturated carbocycles. The summed E-state index contributed by atoms with van der Waals surface area (Å²) in [7, 11) is 0. The molecule has 0 aliphatic rings. The van der Waals surface area contributed by atoms with E-state index in [0.717, 1.165) is 6.92 Å². The average molecular weight is 242 g/mol. The topological polar surface area (TPSA) is 135 Å². The summed E-state index contributed by atoms with van der Waals surface area (Å²) in [5.41, 5.74) is -3.38. The van der Waals surface area contributed by atoms with E-state index in [1.54, 1.807) is 0 Å². The standard InChI is InChI=1S/C6H10O7.Ti/c1-2(7)3(8)6(13,4(9)10)5(11)12;/h2,4,7,9-10,13H,1H3,(H,11,12);. The minimum atomic E-state index is -3.38. The first-order chi connectivity index (χ1) is 5.74.